The van der Waals surface area contributed by atoms with Crippen LogP contribution in [0.25, 0.3) is 10.9 Å². The molecule has 0 atom stereocenters. The summed E-state index contributed by atoms with van der Waals surface area (Å²) in [7, 11) is 0. The Bertz CT molecular complexity index is 791. The van der Waals surface area contributed by atoms with E-state index < -0.39 is 0 Å². The quantitative estimate of drug-likeness (QED) is 0.738. The van der Waals surface area contributed by atoms with Crippen molar-refractivity contribution in [2.45, 2.75) is 13.5 Å². The molecule has 0 saturated heterocycles. The van der Waals surface area contributed by atoms with Crippen LogP contribution in [0.3, 0.4) is 0 Å². The zero-order valence-corrected chi connectivity index (χ0v) is 11.1. The van der Waals surface area contributed by atoms with Crippen molar-refractivity contribution in [2.24, 2.45) is 0 Å². The number of para-hydroxylation sites is 1. The topological polar surface area (TPSA) is 73.8 Å². The molecular formula is C15H14N4O. The highest BCUT2D eigenvalue weighted by Crippen LogP contribution is 2.21. The first-order valence-electron chi connectivity index (χ1n) is 6.41. The first kappa shape index (κ1) is 12.3. The van der Waals surface area contributed by atoms with Crippen LogP contribution in [0.1, 0.15) is 23.0 Å². The molecule has 0 aliphatic carbocycles. The summed E-state index contributed by atoms with van der Waals surface area (Å²) < 4.78 is 1.71. The van der Waals surface area contributed by atoms with Crippen LogP contribution in [0, 0.1) is 0 Å². The molecule has 1 aromatic carbocycles. The third-order valence-electron chi connectivity index (χ3n) is 3.20. The summed E-state index contributed by atoms with van der Waals surface area (Å²) in [6.07, 6.45) is 3.27. The van der Waals surface area contributed by atoms with Crippen molar-refractivity contribution in [3.63, 3.8) is 0 Å². The molecule has 0 bridgehead atoms. The smallest absolute Gasteiger partial charge is 0.214 e. The molecule has 3 aromatic rings. The second-order valence-electron chi connectivity index (χ2n) is 4.53. The number of nitrogen functional groups attached to an aromatic ring is 1. The highest BCUT2D eigenvalue weighted by molar-refractivity contribution is 6.09. The fourth-order valence-electron chi connectivity index (χ4n) is 2.12. The number of carbonyl (C=O) groups is 1. The van der Waals surface area contributed by atoms with Crippen molar-refractivity contribution >= 4 is 22.4 Å². The lowest BCUT2D eigenvalue weighted by atomic mass is 10.1. The molecule has 0 fully saturated rings. The Morgan fingerprint density at radius 3 is 2.90 bits per heavy atom. The molecule has 5 heteroatoms. The fourth-order valence-corrected chi connectivity index (χ4v) is 2.12. The van der Waals surface area contributed by atoms with Crippen LogP contribution in [-0.4, -0.2) is 20.5 Å². The Balaban J connectivity index is 2.07. The van der Waals surface area contributed by atoms with Crippen LogP contribution in [0.15, 0.2) is 42.7 Å². The molecule has 2 heterocycles. The largest absolute Gasteiger partial charge is 0.398 e. The minimum absolute atomic E-state index is 0.165. The number of carbonyl (C=O) groups excluding carboxylic acids is 1. The maximum atomic E-state index is 12.4. The van der Waals surface area contributed by atoms with E-state index in [4.69, 9.17) is 5.73 Å². The van der Waals surface area contributed by atoms with E-state index in [1.165, 1.54) is 0 Å². The Hall–Kier alpha value is -2.69. The standard InChI is InChI=1S/C15H14N4O/c1-2-19-9-10(8-17-19)15(20)14-7-12(16)11-5-3-4-6-13(11)18-14/h3-9H,2H2,1H3,(H2,16,18). The van der Waals surface area contributed by atoms with Crippen LogP contribution < -0.4 is 5.73 Å². The normalized spacial score (nSPS) is 10.8. The third-order valence-corrected chi connectivity index (χ3v) is 3.20. The number of rotatable bonds is 3. The number of benzene rings is 1. The van der Waals surface area contributed by atoms with Gasteiger partial charge in [0.25, 0.3) is 0 Å². The minimum Gasteiger partial charge on any atom is -0.398 e. The third kappa shape index (κ3) is 2.03. The number of pyridine rings is 1. The van der Waals surface area contributed by atoms with Gasteiger partial charge in [0.2, 0.25) is 5.78 Å². The number of aromatic nitrogens is 3. The minimum atomic E-state index is -0.165. The molecule has 0 aliphatic rings. The second-order valence-corrected chi connectivity index (χ2v) is 4.53. The first-order chi connectivity index (χ1) is 9.69. The maximum Gasteiger partial charge on any atom is 0.214 e. The number of nitrogens with zero attached hydrogens (tertiary/aromatic N) is 3. The molecule has 3 rings (SSSR count). The molecule has 20 heavy (non-hydrogen) atoms. The van der Waals surface area contributed by atoms with E-state index in [9.17, 15) is 4.79 Å². The average Bonchev–Trinajstić information content (AvgIpc) is 2.95. The van der Waals surface area contributed by atoms with Gasteiger partial charge >= 0.3 is 0 Å². The molecule has 2 N–H and O–H groups in total. The molecular weight excluding hydrogens is 252 g/mol. The predicted molar refractivity (Wildman–Crippen MR) is 77.5 cm³/mol. The highest BCUT2D eigenvalue weighted by Gasteiger charge is 2.14. The molecule has 0 spiro atoms. The summed E-state index contributed by atoms with van der Waals surface area (Å²) in [6, 6.07) is 9.12. The van der Waals surface area contributed by atoms with Crippen molar-refractivity contribution in [1.29, 1.82) is 0 Å². The monoisotopic (exact) mass is 266 g/mol. The van der Waals surface area contributed by atoms with Gasteiger partial charge in [-0.1, -0.05) is 18.2 Å². The van der Waals surface area contributed by atoms with Gasteiger partial charge in [0.15, 0.2) is 0 Å². The van der Waals surface area contributed by atoms with Crippen LogP contribution in [-0.2, 0) is 6.54 Å². The van der Waals surface area contributed by atoms with Gasteiger partial charge in [0.1, 0.15) is 5.69 Å². The van der Waals surface area contributed by atoms with E-state index in [-0.39, 0.29) is 5.78 Å². The van der Waals surface area contributed by atoms with Gasteiger partial charge in [-0.3, -0.25) is 9.48 Å². The SMILES string of the molecule is CCn1cc(C(=O)c2cc(N)c3ccccc3n2)cn1. The molecule has 0 radical (unpaired) electrons. The van der Waals surface area contributed by atoms with E-state index in [1.54, 1.807) is 23.1 Å². The molecule has 0 unspecified atom stereocenters. The van der Waals surface area contributed by atoms with Gasteiger partial charge in [0, 0.05) is 23.8 Å². The molecule has 5 nitrogen and oxygen atoms in total. The zero-order chi connectivity index (χ0) is 14.1. The summed E-state index contributed by atoms with van der Waals surface area (Å²) in [4.78, 5) is 16.8. The summed E-state index contributed by atoms with van der Waals surface area (Å²) in [5.41, 5.74) is 8.14. The predicted octanol–water partition coefficient (Wildman–Crippen LogP) is 2.26. The van der Waals surface area contributed by atoms with Gasteiger partial charge in [-0.2, -0.15) is 5.10 Å². The molecule has 0 saturated carbocycles. The van der Waals surface area contributed by atoms with Crippen LogP contribution in [0.5, 0.6) is 0 Å². The molecule has 2 aromatic heterocycles. The Morgan fingerprint density at radius 2 is 2.15 bits per heavy atom. The number of hydrogen-bond acceptors (Lipinski definition) is 4. The number of fused-ring (bicyclic) bond motifs is 1. The summed E-state index contributed by atoms with van der Waals surface area (Å²) in [5, 5.41) is 4.96. The second kappa shape index (κ2) is 4.77. The summed E-state index contributed by atoms with van der Waals surface area (Å²) in [5.74, 6) is -0.165. The maximum absolute atomic E-state index is 12.4. The Kier molecular flexibility index (Phi) is 2.95. The zero-order valence-electron chi connectivity index (χ0n) is 11.1. The Labute approximate surface area is 116 Å². The molecule has 100 valence electrons. The van der Waals surface area contributed by atoms with Gasteiger partial charge in [-0.15, -0.1) is 0 Å². The average molecular weight is 266 g/mol. The number of aryl methyl sites for hydroxylation is 1. The van der Waals surface area contributed by atoms with Crippen LogP contribution >= 0.6 is 0 Å². The van der Waals surface area contributed by atoms with Crippen molar-refractivity contribution in [3.8, 4) is 0 Å². The van der Waals surface area contributed by atoms with Crippen molar-refractivity contribution < 1.29 is 4.79 Å². The van der Waals surface area contributed by atoms with Crippen LogP contribution in [0.4, 0.5) is 5.69 Å². The van der Waals surface area contributed by atoms with Crippen molar-refractivity contribution in [2.75, 3.05) is 5.73 Å². The number of hydrogen-bond donors (Lipinski definition) is 1. The van der Waals surface area contributed by atoms with Crippen molar-refractivity contribution in [1.82, 2.24) is 14.8 Å². The van der Waals surface area contributed by atoms with Crippen LogP contribution in [0.2, 0.25) is 0 Å². The highest BCUT2D eigenvalue weighted by atomic mass is 16.1. The lowest BCUT2D eigenvalue weighted by molar-refractivity contribution is 0.103. The molecule has 0 amide bonds. The Morgan fingerprint density at radius 1 is 1.35 bits per heavy atom. The van der Waals surface area contributed by atoms with Crippen molar-refractivity contribution in [3.05, 3.63) is 54.0 Å². The molecule has 0 aliphatic heterocycles. The van der Waals surface area contributed by atoms with Gasteiger partial charge < -0.3 is 5.73 Å². The summed E-state index contributed by atoms with van der Waals surface area (Å²) >= 11 is 0. The number of ketones is 1. The lowest BCUT2D eigenvalue weighted by Gasteiger charge is -2.04. The number of nitrogens with two attached hydrogens (primary N) is 1. The van der Waals surface area contributed by atoms with Gasteiger partial charge in [-0.25, -0.2) is 4.98 Å². The van der Waals surface area contributed by atoms with E-state index in [0.717, 1.165) is 17.4 Å². The number of anilines is 1. The first-order valence-corrected chi connectivity index (χ1v) is 6.41. The fraction of sp³-hybridized carbons (Fsp3) is 0.133. The van der Waals surface area contributed by atoms with E-state index in [2.05, 4.69) is 10.1 Å². The van der Waals surface area contributed by atoms with Gasteiger partial charge in [0.05, 0.1) is 17.3 Å². The summed E-state index contributed by atoms with van der Waals surface area (Å²) in [6.45, 7) is 2.69. The van der Waals surface area contributed by atoms with E-state index >= 15 is 0 Å². The van der Waals surface area contributed by atoms with E-state index in [0.29, 0.717) is 16.9 Å². The van der Waals surface area contributed by atoms with Gasteiger partial charge in [-0.05, 0) is 19.1 Å². The van der Waals surface area contributed by atoms with E-state index in [1.807, 2.05) is 31.2 Å². The lowest BCUT2D eigenvalue weighted by Crippen LogP contribution is -2.05.